The van der Waals surface area contributed by atoms with Crippen molar-refractivity contribution in [2.45, 2.75) is 6.92 Å². The normalized spacial score (nSPS) is 12.0. The number of aromatic nitrogens is 2. The molecular formula is C24H16N2O5S. The van der Waals surface area contributed by atoms with E-state index in [0.29, 0.717) is 27.2 Å². The lowest BCUT2D eigenvalue weighted by Crippen LogP contribution is -2.31. The summed E-state index contributed by atoms with van der Waals surface area (Å²) in [6, 6.07) is 16.4. The lowest BCUT2D eigenvalue weighted by Gasteiger charge is -2.10. The number of esters is 1. The summed E-state index contributed by atoms with van der Waals surface area (Å²) in [6.07, 6.45) is 1.57. The topological polar surface area (TPSA) is 87.0 Å². The van der Waals surface area contributed by atoms with Crippen molar-refractivity contribution in [3.8, 4) is 11.5 Å². The number of fused-ring (bicyclic) bond motifs is 3. The number of methoxy groups -OCH3 is 1. The van der Waals surface area contributed by atoms with Crippen molar-refractivity contribution in [2.24, 2.45) is 0 Å². The van der Waals surface area contributed by atoms with E-state index in [1.54, 1.807) is 30.3 Å². The first-order valence-electron chi connectivity index (χ1n) is 9.71. The average Bonchev–Trinajstić information content (AvgIpc) is 3.08. The van der Waals surface area contributed by atoms with Gasteiger partial charge >= 0.3 is 5.97 Å². The van der Waals surface area contributed by atoms with E-state index in [0.717, 1.165) is 26.5 Å². The Morgan fingerprint density at radius 2 is 1.78 bits per heavy atom. The van der Waals surface area contributed by atoms with Crippen molar-refractivity contribution in [3.63, 3.8) is 0 Å². The number of para-hydroxylation sites is 1. The summed E-state index contributed by atoms with van der Waals surface area (Å²) in [5, 5.41) is 2.24. The highest BCUT2D eigenvalue weighted by atomic mass is 32.1. The Morgan fingerprint density at radius 3 is 2.50 bits per heavy atom. The van der Waals surface area contributed by atoms with E-state index in [1.807, 2.05) is 30.3 Å². The molecule has 2 aromatic heterocycles. The van der Waals surface area contributed by atoms with Crippen LogP contribution in [-0.2, 0) is 4.79 Å². The molecule has 0 radical (unpaired) electrons. The fourth-order valence-electron chi connectivity index (χ4n) is 3.64. The van der Waals surface area contributed by atoms with Crippen LogP contribution in [0.3, 0.4) is 0 Å². The van der Waals surface area contributed by atoms with Gasteiger partial charge in [0.25, 0.3) is 11.1 Å². The zero-order chi connectivity index (χ0) is 22.4. The molecule has 2 heterocycles. The number of thiazole rings is 1. The van der Waals surface area contributed by atoms with Crippen LogP contribution in [0.1, 0.15) is 12.5 Å². The fourth-order valence-corrected chi connectivity index (χ4v) is 4.61. The minimum Gasteiger partial charge on any atom is -0.493 e. The van der Waals surface area contributed by atoms with Gasteiger partial charge < -0.3 is 9.47 Å². The van der Waals surface area contributed by atoms with Gasteiger partial charge in [0.1, 0.15) is 0 Å². The molecule has 0 aliphatic heterocycles. The smallest absolute Gasteiger partial charge is 0.308 e. The minimum absolute atomic E-state index is 0.205. The predicted molar refractivity (Wildman–Crippen MR) is 124 cm³/mol. The quantitative estimate of drug-likeness (QED) is 0.242. The molecule has 3 aromatic carbocycles. The maximum absolute atomic E-state index is 13.2. The van der Waals surface area contributed by atoms with Gasteiger partial charge in [0.05, 0.1) is 22.5 Å². The molecular weight excluding hydrogens is 428 g/mol. The molecule has 5 aromatic rings. The summed E-state index contributed by atoms with van der Waals surface area (Å²) in [5.41, 5.74) is 0.117. The van der Waals surface area contributed by atoms with Gasteiger partial charge in [-0.3, -0.25) is 14.4 Å². The number of hydrogen-bond acceptors (Lipinski definition) is 7. The van der Waals surface area contributed by atoms with Gasteiger partial charge in [-0.1, -0.05) is 47.7 Å². The molecule has 0 aliphatic carbocycles. The Kier molecular flexibility index (Phi) is 4.71. The second kappa shape index (κ2) is 7.58. The third-order valence-electron chi connectivity index (χ3n) is 5.08. The van der Waals surface area contributed by atoms with E-state index in [2.05, 4.69) is 4.98 Å². The zero-order valence-corrected chi connectivity index (χ0v) is 17.9. The maximum Gasteiger partial charge on any atom is 0.308 e. The van der Waals surface area contributed by atoms with Crippen LogP contribution >= 0.6 is 11.3 Å². The molecule has 0 atom stereocenters. The van der Waals surface area contributed by atoms with Gasteiger partial charge in [0.15, 0.2) is 11.5 Å². The molecule has 32 heavy (non-hydrogen) atoms. The Hall–Kier alpha value is -4.04. The molecule has 0 unspecified atom stereocenters. The molecule has 7 nitrogen and oxygen atoms in total. The molecule has 0 saturated heterocycles. The van der Waals surface area contributed by atoms with Crippen molar-refractivity contribution >= 4 is 50.0 Å². The van der Waals surface area contributed by atoms with Gasteiger partial charge in [-0.2, -0.15) is 0 Å². The Labute approximate surface area is 184 Å². The summed E-state index contributed by atoms with van der Waals surface area (Å²) in [4.78, 5) is 42.7. The van der Waals surface area contributed by atoms with Crippen LogP contribution in [0.25, 0.3) is 32.7 Å². The first-order chi connectivity index (χ1) is 15.5. The van der Waals surface area contributed by atoms with Crippen molar-refractivity contribution in [1.82, 2.24) is 9.38 Å². The van der Waals surface area contributed by atoms with Crippen LogP contribution in [0.4, 0.5) is 0 Å². The number of benzene rings is 3. The van der Waals surface area contributed by atoms with E-state index in [4.69, 9.17) is 9.47 Å². The number of rotatable bonds is 3. The molecule has 0 fully saturated rings. The number of nitrogens with zero attached hydrogens (tertiary/aromatic N) is 2. The molecule has 158 valence electrons. The molecule has 0 aliphatic rings. The minimum atomic E-state index is -0.515. The lowest BCUT2D eigenvalue weighted by atomic mass is 10.1. The van der Waals surface area contributed by atoms with Crippen LogP contribution < -0.4 is 25.1 Å². The highest BCUT2D eigenvalue weighted by molar-refractivity contribution is 7.15. The van der Waals surface area contributed by atoms with Crippen LogP contribution in [0.15, 0.2) is 64.2 Å². The summed E-state index contributed by atoms with van der Waals surface area (Å²) in [7, 11) is 1.46. The van der Waals surface area contributed by atoms with Crippen LogP contribution in [0.2, 0.25) is 0 Å². The van der Waals surface area contributed by atoms with Gasteiger partial charge in [-0.15, -0.1) is 0 Å². The summed E-state index contributed by atoms with van der Waals surface area (Å²) in [6.45, 7) is 1.29. The Bertz CT molecular complexity index is 1720. The van der Waals surface area contributed by atoms with Gasteiger partial charge in [0.2, 0.25) is 4.96 Å². The monoisotopic (exact) mass is 444 g/mol. The maximum atomic E-state index is 13.2. The lowest BCUT2D eigenvalue weighted by molar-refractivity contribution is -0.132. The van der Waals surface area contributed by atoms with Crippen molar-refractivity contribution in [2.75, 3.05) is 7.11 Å². The number of hydrogen-bond donors (Lipinski definition) is 0. The summed E-state index contributed by atoms with van der Waals surface area (Å²) < 4.78 is 12.0. The molecule has 0 bridgehead atoms. The van der Waals surface area contributed by atoms with Crippen LogP contribution in [0, 0.1) is 0 Å². The average molecular weight is 444 g/mol. The number of ether oxygens (including phenoxy) is 2. The van der Waals surface area contributed by atoms with E-state index < -0.39 is 17.1 Å². The van der Waals surface area contributed by atoms with Crippen molar-refractivity contribution in [3.05, 3.63) is 85.4 Å². The molecule has 0 saturated carbocycles. The summed E-state index contributed by atoms with van der Waals surface area (Å²) in [5.74, 6) is 0.0466. The highest BCUT2D eigenvalue weighted by Gasteiger charge is 2.15. The van der Waals surface area contributed by atoms with E-state index in [9.17, 15) is 14.4 Å². The second-order valence-corrected chi connectivity index (χ2v) is 8.15. The number of carbonyl (C=O) groups excluding carboxylic acids is 1. The molecule has 0 spiro atoms. The van der Waals surface area contributed by atoms with E-state index in [-0.39, 0.29) is 10.3 Å². The van der Waals surface area contributed by atoms with Crippen LogP contribution in [-0.4, -0.2) is 22.5 Å². The SMILES string of the molecule is COc1cccc(/C=c2/sc3nc4cc5ccccc5cc4c(=O)n3c2=O)c1OC(C)=O. The Morgan fingerprint density at radius 1 is 1.03 bits per heavy atom. The molecule has 0 N–H and O–H groups in total. The standard InChI is InChI=1S/C24H16N2O5S/c1-13(27)31-21-16(8-5-9-19(21)30-2)12-20-23(29)26-22(28)17-10-14-6-3-4-7-15(14)11-18(17)25-24(26)32-20/h3-12H,1-2H3/b20-12+. The third kappa shape index (κ3) is 3.21. The summed E-state index contributed by atoms with van der Waals surface area (Å²) >= 11 is 1.10. The van der Waals surface area contributed by atoms with Gasteiger partial charge in [-0.05, 0) is 35.0 Å². The van der Waals surface area contributed by atoms with E-state index in [1.165, 1.54) is 14.0 Å². The molecule has 8 heteroatoms. The second-order valence-electron chi connectivity index (χ2n) is 7.14. The largest absolute Gasteiger partial charge is 0.493 e. The Balaban J connectivity index is 1.80. The van der Waals surface area contributed by atoms with E-state index >= 15 is 0 Å². The van der Waals surface area contributed by atoms with Crippen molar-refractivity contribution in [1.29, 1.82) is 0 Å². The highest BCUT2D eigenvalue weighted by Crippen LogP contribution is 2.31. The van der Waals surface area contributed by atoms with Gasteiger partial charge in [0, 0.05) is 12.5 Å². The number of carbonyl (C=O) groups is 1. The van der Waals surface area contributed by atoms with Crippen molar-refractivity contribution < 1.29 is 14.3 Å². The zero-order valence-electron chi connectivity index (χ0n) is 17.1. The third-order valence-corrected chi connectivity index (χ3v) is 6.05. The van der Waals surface area contributed by atoms with Crippen LogP contribution in [0.5, 0.6) is 11.5 Å². The fraction of sp³-hybridized carbons (Fsp3) is 0.0833. The first kappa shape index (κ1) is 19.9. The first-order valence-corrected chi connectivity index (χ1v) is 10.5. The van der Waals surface area contributed by atoms with Gasteiger partial charge in [-0.25, -0.2) is 9.38 Å². The molecule has 0 amide bonds. The predicted octanol–water partition coefficient (Wildman–Crippen LogP) is 2.90. The molecule has 5 rings (SSSR count).